The predicted octanol–water partition coefficient (Wildman–Crippen LogP) is 2.31. The Kier molecular flexibility index (Phi) is 2.81. The van der Waals surface area contributed by atoms with Gasteiger partial charge in [0.1, 0.15) is 17.1 Å². The molecule has 0 saturated heterocycles. The second kappa shape index (κ2) is 4.74. The van der Waals surface area contributed by atoms with Crippen LogP contribution in [0.15, 0.2) is 30.7 Å². The molecule has 23 heavy (non-hydrogen) atoms. The first-order valence-corrected chi connectivity index (χ1v) is 7.16. The maximum atomic E-state index is 12.9. The summed E-state index contributed by atoms with van der Waals surface area (Å²) in [4.78, 5) is 27.9. The number of ketones is 1. The molecule has 0 saturated carbocycles. The molecule has 0 aromatic carbocycles. The summed E-state index contributed by atoms with van der Waals surface area (Å²) in [5, 5.41) is 1.55. The van der Waals surface area contributed by atoms with Crippen LogP contribution in [0.5, 0.6) is 5.75 Å². The van der Waals surface area contributed by atoms with Crippen LogP contribution in [0, 0.1) is 0 Å². The number of hydrogen-bond donors (Lipinski definition) is 0. The molecule has 0 N–H and O–H groups in total. The van der Waals surface area contributed by atoms with Crippen molar-refractivity contribution in [3.63, 3.8) is 0 Å². The van der Waals surface area contributed by atoms with E-state index in [9.17, 15) is 4.79 Å². The quantitative estimate of drug-likeness (QED) is 0.566. The maximum Gasteiger partial charge on any atom is 0.231 e. The van der Waals surface area contributed by atoms with Crippen molar-refractivity contribution >= 4 is 22.2 Å². The highest BCUT2D eigenvalue weighted by Crippen LogP contribution is 2.42. The maximum absolute atomic E-state index is 12.9. The van der Waals surface area contributed by atoms with Gasteiger partial charge in [-0.25, -0.2) is 4.98 Å². The van der Waals surface area contributed by atoms with Crippen LogP contribution in [0.3, 0.4) is 0 Å². The van der Waals surface area contributed by atoms with Crippen molar-refractivity contribution < 1.29 is 9.53 Å². The van der Waals surface area contributed by atoms with E-state index in [4.69, 9.17) is 4.74 Å². The normalized spacial score (nSPS) is 12.2. The van der Waals surface area contributed by atoms with E-state index in [-0.39, 0.29) is 5.78 Å². The number of pyridine rings is 3. The highest BCUT2D eigenvalue weighted by molar-refractivity contribution is 6.25. The number of fused-ring (bicyclic) bond motifs is 2. The lowest BCUT2D eigenvalue weighted by atomic mass is 9.90. The molecule has 0 amide bonds. The second-order valence-corrected chi connectivity index (χ2v) is 5.53. The van der Waals surface area contributed by atoms with Crippen molar-refractivity contribution in [2.75, 3.05) is 26.1 Å². The fraction of sp³-hybridized carbons (Fsp3) is 0.176. The van der Waals surface area contributed by atoms with Crippen LogP contribution < -0.4 is 9.64 Å². The summed E-state index contributed by atoms with van der Waals surface area (Å²) < 4.78 is 5.38. The van der Waals surface area contributed by atoms with E-state index in [1.54, 1.807) is 25.7 Å². The van der Waals surface area contributed by atoms with Crippen LogP contribution in [-0.4, -0.2) is 41.9 Å². The summed E-state index contributed by atoms with van der Waals surface area (Å²) in [6, 6.07) is 3.72. The summed E-state index contributed by atoms with van der Waals surface area (Å²) in [5.74, 6) is 0.441. The molecule has 3 aromatic heterocycles. The van der Waals surface area contributed by atoms with Gasteiger partial charge in [-0.05, 0) is 12.1 Å². The fourth-order valence-corrected chi connectivity index (χ4v) is 3.03. The first kappa shape index (κ1) is 13.6. The first-order valence-electron chi connectivity index (χ1n) is 7.16. The summed E-state index contributed by atoms with van der Waals surface area (Å²) in [6.07, 6.45) is 4.93. The van der Waals surface area contributed by atoms with Crippen LogP contribution in [0.2, 0.25) is 0 Å². The lowest BCUT2D eigenvalue weighted by Crippen LogP contribution is -2.19. The van der Waals surface area contributed by atoms with Crippen molar-refractivity contribution in [3.8, 4) is 17.0 Å². The average molecular weight is 306 g/mol. The van der Waals surface area contributed by atoms with Crippen LogP contribution in [0.1, 0.15) is 16.2 Å². The monoisotopic (exact) mass is 306 g/mol. The van der Waals surface area contributed by atoms with E-state index in [0.29, 0.717) is 17.1 Å². The van der Waals surface area contributed by atoms with E-state index in [1.807, 2.05) is 31.1 Å². The van der Waals surface area contributed by atoms with Gasteiger partial charge < -0.3 is 9.64 Å². The standard InChI is InChI=1S/C17H14N4O2/c1-21(2)10-5-7-19-16-13(10)14-12-9(4-6-18-14)11(23-3)8-20-15(12)17(16)22/h4-8H,1-3H3. The van der Waals surface area contributed by atoms with Gasteiger partial charge in [-0.15, -0.1) is 0 Å². The number of carbonyl (C=O) groups is 1. The molecule has 0 unspecified atom stereocenters. The largest absolute Gasteiger partial charge is 0.494 e. The Bertz CT molecular complexity index is 966. The Morgan fingerprint density at radius 1 is 1.00 bits per heavy atom. The minimum absolute atomic E-state index is 0.183. The van der Waals surface area contributed by atoms with Gasteiger partial charge in [0.2, 0.25) is 5.78 Å². The van der Waals surface area contributed by atoms with Gasteiger partial charge in [-0.3, -0.25) is 14.8 Å². The van der Waals surface area contributed by atoms with Gasteiger partial charge >= 0.3 is 0 Å². The van der Waals surface area contributed by atoms with Gasteiger partial charge in [0, 0.05) is 42.9 Å². The molecule has 3 aromatic rings. The third kappa shape index (κ3) is 1.75. The highest BCUT2D eigenvalue weighted by atomic mass is 16.5. The number of methoxy groups -OCH3 is 1. The van der Waals surface area contributed by atoms with Gasteiger partial charge in [-0.1, -0.05) is 0 Å². The SMILES string of the molecule is COc1cnc2c3c(nccc13)-c1c(N(C)C)ccnc1C2=O. The van der Waals surface area contributed by atoms with Gasteiger partial charge in [0.25, 0.3) is 0 Å². The Balaban J connectivity index is 2.21. The fourth-order valence-electron chi connectivity index (χ4n) is 3.03. The number of hydrogen-bond acceptors (Lipinski definition) is 6. The molecular weight excluding hydrogens is 292 g/mol. The van der Waals surface area contributed by atoms with E-state index in [0.717, 1.165) is 27.7 Å². The van der Waals surface area contributed by atoms with Crippen LogP contribution in [0.25, 0.3) is 22.0 Å². The number of anilines is 1. The Hall–Kier alpha value is -3.02. The zero-order chi connectivity index (χ0) is 16.1. The number of aromatic nitrogens is 3. The summed E-state index contributed by atoms with van der Waals surface area (Å²) in [6.45, 7) is 0. The second-order valence-electron chi connectivity index (χ2n) is 5.53. The molecule has 0 bridgehead atoms. The van der Waals surface area contributed by atoms with Crippen LogP contribution in [0.4, 0.5) is 5.69 Å². The van der Waals surface area contributed by atoms with Crippen molar-refractivity contribution in [1.82, 2.24) is 15.0 Å². The molecule has 4 rings (SSSR count). The topological polar surface area (TPSA) is 68.2 Å². The molecule has 114 valence electrons. The van der Waals surface area contributed by atoms with Crippen LogP contribution in [-0.2, 0) is 0 Å². The lowest BCUT2D eigenvalue weighted by Gasteiger charge is -2.23. The minimum atomic E-state index is -0.183. The molecular formula is C17H14N4O2. The van der Waals surface area contributed by atoms with E-state index in [1.165, 1.54) is 0 Å². The number of rotatable bonds is 2. The summed E-state index contributed by atoms with van der Waals surface area (Å²) in [7, 11) is 5.45. The third-order valence-electron chi connectivity index (χ3n) is 4.06. The van der Waals surface area contributed by atoms with Crippen molar-refractivity contribution in [2.45, 2.75) is 0 Å². The summed E-state index contributed by atoms with van der Waals surface area (Å²) >= 11 is 0. The molecule has 0 spiro atoms. The van der Waals surface area contributed by atoms with Crippen LogP contribution >= 0.6 is 0 Å². The van der Waals surface area contributed by atoms with Crippen molar-refractivity contribution in [2.24, 2.45) is 0 Å². The molecule has 0 radical (unpaired) electrons. The Morgan fingerprint density at radius 3 is 2.48 bits per heavy atom. The van der Waals surface area contributed by atoms with Gasteiger partial charge in [-0.2, -0.15) is 0 Å². The predicted molar refractivity (Wildman–Crippen MR) is 87.1 cm³/mol. The average Bonchev–Trinajstić information content (AvgIpc) is 2.58. The Labute approximate surface area is 132 Å². The zero-order valence-corrected chi connectivity index (χ0v) is 13.0. The van der Waals surface area contributed by atoms with Crippen molar-refractivity contribution in [1.29, 1.82) is 0 Å². The van der Waals surface area contributed by atoms with Gasteiger partial charge in [0.15, 0.2) is 0 Å². The smallest absolute Gasteiger partial charge is 0.231 e. The molecule has 0 fully saturated rings. The molecule has 6 heteroatoms. The molecule has 0 aliphatic heterocycles. The molecule has 6 nitrogen and oxygen atoms in total. The Morgan fingerprint density at radius 2 is 1.74 bits per heavy atom. The third-order valence-corrected chi connectivity index (χ3v) is 4.06. The number of carbonyl (C=O) groups excluding carboxylic acids is 1. The number of ether oxygens (including phenoxy) is 1. The lowest BCUT2D eigenvalue weighted by molar-refractivity contribution is 0.103. The molecule has 1 aliphatic rings. The van der Waals surface area contributed by atoms with Gasteiger partial charge in [0.05, 0.1) is 24.6 Å². The molecule has 3 heterocycles. The first-order chi connectivity index (χ1) is 11.1. The molecule has 1 aliphatic carbocycles. The minimum Gasteiger partial charge on any atom is -0.494 e. The van der Waals surface area contributed by atoms with E-state index >= 15 is 0 Å². The van der Waals surface area contributed by atoms with E-state index < -0.39 is 0 Å². The molecule has 0 atom stereocenters. The van der Waals surface area contributed by atoms with E-state index in [2.05, 4.69) is 15.0 Å². The summed E-state index contributed by atoms with van der Waals surface area (Å²) in [5.41, 5.74) is 3.13. The highest BCUT2D eigenvalue weighted by Gasteiger charge is 2.31. The number of nitrogens with zero attached hydrogens (tertiary/aromatic N) is 4. The zero-order valence-electron chi connectivity index (χ0n) is 13.0. The van der Waals surface area contributed by atoms with Crippen molar-refractivity contribution in [3.05, 3.63) is 42.1 Å².